The van der Waals surface area contributed by atoms with Crippen LogP contribution in [0.3, 0.4) is 0 Å². The monoisotopic (exact) mass is 318 g/mol. The van der Waals surface area contributed by atoms with E-state index in [2.05, 4.69) is 19.9 Å². The van der Waals surface area contributed by atoms with Crippen LogP contribution in [0.2, 0.25) is 0 Å². The highest BCUT2D eigenvalue weighted by Gasteiger charge is 2.60. The van der Waals surface area contributed by atoms with Gasteiger partial charge in [0.1, 0.15) is 11.9 Å². The van der Waals surface area contributed by atoms with Crippen molar-refractivity contribution < 1.29 is 14.6 Å². The average molecular weight is 318 g/mol. The minimum absolute atomic E-state index is 0.268. The third kappa shape index (κ3) is 2.08. The van der Waals surface area contributed by atoms with Gasteiger partial charge in [-0.2, -0.15) is 0 Å². The summed E-state index contributed by atoms with van der Waals surface area (Å²) in [6.45, 7) is 4.33. The van der Waals surface area contributed by atoms with Crippen molar-refractivity contribution in [1.29, 1.82) is 0 Å². The molecule has 3 heteroatoms. The summed E-state index contributed by atoms with van der Waals surface area (Å²) < 4.78 is 14.3. The van der Waals surface area contributed by atoms with E-state index in [0.29, 0.717) is 29.9 Å². The predicted molar refractivity (Wildman–Crippen MR) is 88.2 cm³/mol. The topological polar surface area (TPSA) is 40.5 Å². The van der Waals surface area contributed by atoms with E-state index >= 15 is 0 Å². The molecule has 0 radical (unpaired) electrons. The second-order valence-corrected chi connectivity index (χ2v) is 8.29. The number of aryl methyl sites for hydroxylation is 1. The Morgan fingerprint density at radius 3 is 2.87 bits per heavy atom. The molecule has 1 aromatic rings. The summed E-state index contributed by atoms with van der Waals surface area (Å²) in [5.41, 5.74) is 2.36. The molecule has 2 saturated carbocycles. The van der Waals surface area contributed by atoms with Gasteiger partial charge < -0.3 is 10.2 Å². The standard InChI is InChI=1S/C20H27FO2/c1-3-11-10-20(2)16(9-17(21)19(20)23)15-6-4-12-8-13(22)5-7-14(12)18(11)15/h5,7-8,11,15-19,22-23H,3-4,6,9-10H2,1-2H3/t11-,15-,16-,17+,18+,19-,20-/m0/s1. The van der Waals surface area contributed by atoms with E-state index in [1.54, 1.807) is 6.07 Å². The number of rotatable bonds is 1. The van der Waals surface area contributed by atoms with Gasteiger partial charge in [-0.25, -0.2) is 4.39 Å². The molecule has 0 aromatic heterocycles. The third-order valence-electron chi connectivity index (χ3n) is 7.29. The van der Waals surface area contributed by atoms with Gasteiger partial charge in [0.15, 0.2) is 0 Å². The summed E-state index contributed by atoms with van der Waals surface area (Å²) in [5, 5.41) is 20.3. The van der Waals surface area contributed by atoms with Gasteiger partial charge in [-0.15, -0.1) is 0 Å². The van der Waals surface area contributed by atoms with E-state index in [4.69, 9.17) is 0 Å². The Balaban J connectivity index is 1.78. The molecule has 126 valence electrons. The van der Waals surface area contributed by atoms with Gasteiger partial charge in [-0.3, -0.25) is 0 Å². The highest BCUT2D eigenvalue weighted by Crippen LogP contribution is 2.63. The molecule has 0 heterocycles. The molecule has 7 atom stereocenters. The van der Waals surface area contributed by atoms with Gasteiger partial charge in [-0.1, -0.05) is 26.3 Å². The number of hydrogen-bond donors (Lipinski definition) is 2. The number of halogens is 1. The van der Waals surface area contributed by atoms with Crippen molar-refractivity contribution in [3.8, 4) is 5.75 Å². The van der Waals surface area contributed by atoms with Crippen LogP contribution in [0, 0.1) is 23.2 Å². The quantitative estimate of drug-likeness (QED) is 0.815. The zero-order valence-electron chi connectivity index (χ0n) is 14.0. The highest BCUT2D eigenvalue weighted by atomic mass is 19.1. The number of alkyl halides is 1. The average Bonchev–Trinajstić information content (AvgIpc) is 2.77. The molecular formula is C20H27FO2. The van der Waals surface area contributed by atoms with E-state index in [1.807, 2.05) is 6.07 Å². The minimum Gasteiger partial charge on any atom is -0.508 e. The largest absolute Gasteiger partial charge is 0.508 e. The SMILES string of the molecule is CC[C@H]1C[C@]2(C)[C@@H](O)[C@H](F)C[C@H]2[C@@H]2CCc3cc(O)ccc3[C@@H]12. The van der Waals surface area contributed by atoms with Crippen LogP contribution in [-0.2, 0) is 6.42 Å². The van der Waals surface area contributed by atoms with Crippen LogP contribution in [0.5, 0.6) is 5.75 Å². The molecule has 3 aliphatic carbocycles. The molecule has 3 aliphatic rings. The van der Waals surface area contributed by atoms with Crippen molar-refractivity contribution in [3.05, 3.63) is 29.3 Å². The predicted octanol–water partition coefficient (Wildman–Crippen LogP) is 4.19. The first-order valence-electron chi connectivity index (χ1n) is 9.09. The Labute approximate surface area is 137 Å². The molecule has 0 spiro atoms. The summed E-state index contributed by atoms with van der Waals surface area (Å²) in [7, 11) is 0. The fraction of sp³-hybridized carbons (Fsp3) is 0.700. The van der Waals surface area contributed by atoms with Crippen LogP contribution in [0.25, 0.3) is 0 Å². The zero-order chi connectivity index (χ0) is 16.4. The van der Waals surface area contributed by atoms with Crippen LogP contribution in [0.15, 0.2) is 18.2 Å². The van der Waals surface area contributed by atoms with Gasteiger partial charge >= 0.3 is 0 Å². The molecule has 23 heavy (non-hydrogen) atoms. The molecule has 2 nitrogen and oxygen atoms in total. The first-order valence-corrected chi connectivity index (χ1v) is 9.09. The lowest BCUT2D eigenvalue weighted by molar-refractivity contribution is -0.0586. The van der Waals surface area contributed by atoms with E-state index < -0.39 is 12.3 Å². The zero-order valence-corrected chi connectivity index (χ0v) is 14.0. The second kappa shape index (κ2) is 5.20. The fourth-order valence-electron chi connectivity index (χ4n) is 6.22. The molecule has 0 unspecified atom stereocenters. The number of aliphatic hydroxyl groups excluding tert-OH is 1. The third-order valence-corrected chi connectivity index (χ3v) is 7.29. The van der Waals surface area contributed by atoms with Crippen molar-refractivity contribution in [2.45, 2.75) is 64.1 Å². The summed E-state index contributed by atoms with van der Waals surface area (Å²) in [6.07, 6.45) is 2.64. The first-order chi connectivity index (χ1) is 11.0. The summed E-state index contributed by atoms with van der Waals surface area (Å²) in [6, 6.07) is 5.79. The number of aliphatic hydroxyl groups is 1. The Morgan fingerprint density at radius 1 is 1.35 bits per heavy atom. The van der Waals surface area contributed by atoms with Crippen LogP contribution >= 0.6 is 0 Å². The van der Waals surface area contributed by atoms with Gasteiger partial charge in [0.25, 0.3) is 0 Å². The molecule has 0 bridgehead atoms. The Hall–Kier alpha value is -1.09. The smallest absolute Gasteiger partial charge is 0.127 e. The minimum atomic E-state index is -1.07. The first kappa shape index (κ1) is 15.4. The summed E-state index contributed by atoms with van der Waals surface area (Å²) in [4.78, 5) is 0. The molecule has 0 amide bonds. The second-order valence-electron chi connectivity index (χ2n) is 8.29. The summed E-state index contributed by atoms with van der Waals surface area (Å²) >= 11 is 0. The van der Waals surface area contributed by atoms with Crippen LogP contribution in [-0.4, -0.2) is 22.5 Å². The Morgan fingerprint density at radius 2 is 2.13 bits per heavy atom. The molecular weight excluding hydrogens is 291 g/mol. The number of hydrogen-bond acceptors (Lipinski definition) is 2. The van der Waals surface area contributed by atoms with Crippen molar-refractivity contribution in [2.24, 2.45) is 23.2 Å². The lowest BCUT2D eigenvalue weighted by Crippen LogP contribution is -2.48. The number of phenolic OH excluding ortho intramolecular Hbond substituents is 1. The lowest BCUT2D eigenvalue weighted by Gasteiger charge is -2.53. The maximum absolute atomic E-state index is 14.3. The maximum Gasteiger partial charge on any atom is 0.127 e. The van der Waals surface area contributed by atoms with E-state index in [1.165, 1.54) is 11.1 Å². The normalized spacial score (nSPS) is 45.2. The van der Waals surface area contributed by atoms with Gasteiger partial charge in [0.05, 0.1) is 6.10 Å². The molecule has 1 aromatic carbocycles. The summed E-state index contributed by atoms with van der Waals surface area (Å²) in [5.74, 6) is 2.04. The number of benzene rings is 1. The number of aromatic hydroxyl groups is 1. The van der Waals surface area contributed by atoms with E-state index in [-0.39, 0.29) is 11.3 Å². The van der Waals surface area contributed by atoms with Crippen LogP contribution < -0.4 is 0 Å². The fourth-order valence-corrected chi connectivity index (χ4v) is 6.22. The van der Waals surface area contributed by atoms with E-state index in [0.717, 1.165) is 25.7 Å². The van der Waals surface area contributed by atoms with E-state index in [9.17, 15) is 14.6 Å². The Kier molecular flexibility index (Phi) is 3.49. The molecule has 0 aliphatic heterocycles. The lowest BCUT2D eigenvalue weighted by atomic mass is 9.51. The molecule has 2 fully saturated rings. The number of phenols is 1. The molecule has 4 rings (SSSR count). The van der Waals surface area contributed by atoms with Crippen molar-refractivity contribution in [1.82, 2.24) is 0 Å². The number of fused-ring (bicyclic) bond motifs is 5. The molecule has 0 saturated heterocycles. The van der Waals surface area contributed by atoms with Crippen molar-refractivity contribution in [2.75, 3.05) is 0 Å². The maximum atomic E-state index is 14.3. The van der Waals surface area contributed by atoms with Crippen molar-refractivity contribution in [3.63, 3.8) is 0 Å². The Bertz CT molecular complexity index is 616. The highest BCUT2D eigenvalue weighted by molar-refractivity contribution is 5.40. The van der Waals surface area contributed by atoms with Gasteiger partial charge in [0, 0.05) is 0 Å². The van der Waals surface area contributed by atoms with Crippen LogP contribution in [0.4, 0.5) is 4.39 Å². The van der Waals surface area contributed by atoms with Crippen LogP contribution in [0.1, 0.15) is 56.6 Å². The van der Waals surface area contributed by atoms with Gasteiger partial charge in [0.2, 0.25) is 0 Å². The van der Waals surface area contributed by atoms with Gasteiger partial charge in [-0.05, 0) is 78.0 Å². The molecule has 2 N–H and O–H groups in total. The van der Waals surface area contributed by atoms with Crippen molar-refractivity contribution >= 4 is 0 Å².